The van der Waals surface area contributed by atoms with Crippen molar-refractivity contribution in [1.82, 2.24) is 0 Å². The molecule has 0 aliphatic carbocycles. The summed E-state index contributed by atoms with van der Waals surface area (Å²) in [6, 6.07) is 10.0. The first-order valence-electron chi connectivity index (χ1n) is 3.41. The zero-order chi connectivity index (χ0) is 7.94. The molecule has 2 nitrogen and oxygen atoms in total. The molecule has 0 amide bonds. The highest BCUT2D eigenvalue weighted by atomic mass is 14.8. The maximum atomic E-state index is 4.01. The number of hydrogen-bond acceptors (Lipinski definition) is 1. The molecule has 0 saturated carbocycles. The molecular weight excluding hydrogens is 136 g/mol. The van der Waals surface area contributed by atoms with Gasteiger partial charge < -0.3 is 0 Å². The van der Waals surface area contributed by atoms with E-state index in [2.05, 4.69) is 16.7 Å². The van der Waals surface area contributed by atoms with Gasteiger partial charge in [-0.2, -0.15) is 0 Å². The fraction of sp³-hybridized carbons (Fsp3) is 0.111. The molecule has 0 radical (unpaired) electrons. The normalized spacial score (nSPS) is 10.2. The second kappa shape index (κ2) is 4.39. The molecule has 1 aromatic rings. The van der Waals surface area contributed by atoms with Crippen molar-refractivity contribution in [2.45, 2.75) is 6.54 Å². The highest BCUT2D eigenvalue weighted by molar-refractivity contribution is 5.61. The molecule has 0 saturated heterocycles. The van der Waals surface area contributed by atoms with Crippen LogP contribution in [0, 0.1) is 0 Å². The zero-order valence-corrected chi connectivity index (χ0v) is 6.27. The first-order chi connectivity index (χ1) is 5.43. The van der Waals surface area contributed by atoms with E-state index >= 15 is 0 Å². The van der Waals surface area contributed by atoms with Crippen molar-refractivity contribution in [3.8, 4) is 0 Å². The molecule has 11 heavy (non-hydrogen) atoms. The molecule has 0 fully saturated rings. The summed E-state index contributed by atoms with van der Waals surface area (Å²) in [5, 5.41) is 0. The van der Waals surface area contributed by atoms with Crippen LogP contribution in [0.25, 0.3) is 0 Å². The molecule has 0 aliphatic rings. The van der Waals surface area contributed by atoms with E-state index in [1.807, 2.05) is 30.3 Å². The lowest BCUT2D eigenvalue weighted by Crippen LogP contribution is -1.78. The minimum Gasteiger partial charge on any atom is -0.269 e. The summed E-state index contributed by atoms with van der Waals surface area (Å²) in [5.41, 5.74) is 1.19. The van der Waals surface area contributed by atoms with E-state index in [1.54, 1.807) is 0 Å². The van der Waals surface area contributed by atoms with E-state index in [0.29, 0.717) is 6.54 Å². The highest BCUT2D eigenvalue weighted by Gasteiger charge is 1.84. The van der Waals surface area contributed by atoms with Gasteiger partial charge in [-0.3, -0.25) is 9.98 Å². The Hall–Kier alpha value is -1.44. The smallest absolute Gasteiger partial charge is 0.109 e. The molecule has 1 aromatic carbocycles. The van der Waals surface area contributed by atoms with Gasteiger partial charge in [0.25, 0.3) is 0 Å². The summed E-state index contributed by atoms with van der Waals surface area (Å²) in [4.78, 5) is 7.52. The van der Waals surface area contributed by atoms with Gasteiger partial charge in [0, 0.05) is 0 Å². The van der Waals surface area contributed by atoms with Crippen molar-refractivity contribution in [2.24, 2.45) is 9.98 Å². The number of benzene rings is 1. The van der Waals surface area contributed by atoms with Crippen LogP contribution in [0.4, 0.5) is 0 Å². The van der Waals surface area contributed by atoms with E-state index in [4.69, 9.17) is 0 Å². The molecule has 1 rings (SSSR count). The van der Waals surface area contributed by atoms with Crippen molar-refractivity contribution >= 4 is 13.1 Å². The van der Waals surface area contributed by atoms with Crippen molar-refractivity contribution < 1.29 is 0 Å². The number of nitrogens with zero attached hydrogens (tertiary/aromatic N) is 2. The first-order valence-corrected chi connectivity index (χ1v) is 3.41. The predicted molar refractivity (Wildman–Crippen MR) is 48.2 cm³/mol. The predicted octanol–water partition coefficient (Wildman–Crippen LogP) is 1.92. The highest BCUT2D eigenvalue weighted by Crippen LogP contribution is 1.98. The Labute approximate surface area is 66.3 Å². The van der Waals surface area contributed by atoms with Crippen LogP contribution in [0.3, 0.4) is 0 Å². The molecule has 0 aliphatic heterocycles. The molecule has 0 spiro atoms. The van der Waals surface area contributed by atoms with Crippen molar-refractivity contribution in [2.75, 3.05) is 0 Å². The van der Waals surface area contributed by atoms with Crippen LogP contribution in [-0.4, -0.2) is 13.1 Å². The maximum absolute atomic E-state index is 4.01. The Kier molecular flexibility index (Phi) is 3.06. The standard InChI is InChI=1S/C9H10N2/c1-10-8-11-7-9-5-3-2-4-6-9/h2-6,8H,1,7H2. The average Bonchev–Trinajstić information content (AvgIpc) is 2.07. The van der Waals surface area contributed by atoms with Gasteiger partial charge in [-0.05, 0) is 12.3 Å². The van der Waals surface area contributed by atoms with E-state index in [1.165, 1.54) is 11.9 Å². The van der Waals surface area contributed by atoms with Gasteiger partial charge in [-0.15, -0.1) is 0 Å². The zero-order valence-electron chi connectivity index (χ0n) is 6.27. The van der Waals surface area contributed by atoms with Crippen LogP contribution in [0.15, 0.2) is 40.3 Å². The third-order valence-electron chi connectivity index (χ3n) is 1.28. The Morgan fingerprint density at radius 3 is 2.64 bits per heavy atom. The monoisotopic (exact) mass is 146 g/mol. The Morgan fingerprint density at radius 2 is 2.00 bits per heavy atom. The Balaban J connectivity index is 2.51. The van der Waals surface area contributed by atoms with E-state index in [0.717, 1.165) is 0 Å². The van der Waals surface area contributed by atoms with Gasteiger partial charge in [-0.25, -0.2) is 0 Å². The summed E-state index contributed by atoms with van der Waals surface area (Å²) in [5.74, 6) is 0. The lowest BCUT2D eigenvalue weighted by atomic mass is 10.2. The molecule has 2 heteroatoms. The molecule has 0 bridgehead atoms. The Bertz CT molecular complexity index is 239. The van der Waals surface area contributed by atoms with Gasteiger partial charge in [0.1, 0.15) is 6.34 Å². The van der Waals surface area contributed by atoms with Crippen molar-refractivity contribution in [3.05, 3.63) is 35.9 Å². The fourth-order valence-electron chi connectivity index (χ4n) is 0.787. The van der Waals surface area contributed by atoms with Crippen molar-refractivity contribution in [3.63, 3.8) is 0 Å². The summed E-state index contributed by atoms with van der Waals surface area (Å²) in [7, 11) is 0. The van der Waals surface area contributed by atoms with Gasteiger partial charge in [0.15, 0.2) is 0 Å². The minimum absolute atomic E-state index is 0.680. The molecule has 0 heterocycles. The third kappa shape index (κ3) is 2.76. The molecule has 0 atom stereocenters. The van der Waals surface area contributed by atoms with Crippen LogP contribution in [0.1, 0.15) is 5.56 Å². The van der Waals surface area contributed by atoms with Gasteiger partial charge in [0.05, 0.1) is 6.54 Å². The number of hydrogen-bond donors (Lipinski definition) is 0. The van der Waals surface area contributed by atoms with Gasteiger partial charge in [-0.1, -0.05) is 30.3 Å². The van der Waals surface area contributed by atoms with Gasteiger partial charge >= 0.3 is 0 Å². The van der Waals surface area contributed by atoms with Crippen LogP contribution in [0.5, 0.6) is 0 Å². The lowest BCUT2D eigenvalue weighted by Gasteiger charge is -1.91. The molecule has 0 aromatic heterocycles. The molecule has 56 valence electrons. The minimum atomic E-state index is 0.680. The van der Waals surface area contributed by atoms with Crippen LogP contribution in [0.2, 0.25) is 0 Å². The van der Waals surface area contributed by atoms with Crippen LogP contribution in [-0.2, 0) is 6.54 Å². The van der Waals surface area contributed by atoms with Crippen molar-refractivity contribution in [1.29, 1.82) is 0 Å². The molecular formula is C9H10N2. The SMILES string of the molecule is C=NC=NCc1ccccc1. The van der Waals surface area contributed by atoms with E-state index in [9.17, 15) is 0 Å². The van der Waals surface area contributed by atoms with E-state index in [-0.39, 0.29) is 0 Å². The van der Waals surface area contributed by atoms with Crippen LogP contribution >= 0.6 is 0 Å². The van der Waals surface area contributed by atoms with Gasteiger partial charge in [0.2, 0.25) is 0 Å². The van der Waals surface area contributed by atoms with Crippen LogP contribution < -0.4 is 0 Å². The quantitative estimate of drug-likeness (QED) is 0.459. The molecule has 0 N–H and O–H groups in total. The topological polar surface area (TPSA) is 24.7 Å². The second-order valence-corrected chi connectivity index (χ2v) is 2.12. The number of aliphatic imine (C=N–C) groups is 2. The summed E-state index contributed by atoms with van der Waals surface area (Å²) in [6.45, 7) is 3.97. The van der Waals surface area contributed by atoms with E-state index < -0.39 is 0 Å². The number of rotatable bonds is 3. The molecule has 0 unspecified atom stereocenters. The largest absolute Gasteiger partial charge is 0.269 e. The first kappa shape index (κ1) is 7.66. The maximum Gasteiger partial charge on any atom is 0.109 e. The summed E-state index contributed by atoms with van der Waals surface area (Å²) < 4.78 is 0. The average molecular weight is 146 g/mol. The Morgan fingerprint density at radius 1 is 1.27 bits per heavy atom. The summed E-state index contributed by atoms with van der Waals surface area (Å²) in [6.07, 6.45) is 1.47. The fourth-order valence-corrected chi connectivity index (χ4v) is 0.787. The third-order valence-corrected chi connectivity index (χ3v) is 1.28. The second-order valence-electron chi connectivity index (χ2n) is 2.12. The lowest BCUT2D eigenvalue weighted by molar-refractivity contribution is 1.07. The summed E-state index contributed by atoms with van der Waals surface area (Å²) >= 11 is 0.